The summed E-state index contributed by atoms with van der Waals surface area (Å²) >= 11 is 0. The van der Waals surface area contributed by atoms with Gasteiger partial charge in [-0.3, -0.25) is 4.79 Å². The van der Waals surface area contributed by atoms with Gasteiger partial charge in [-0.2, -0.15) is 0 Å². The summed E-state index contributed by atoms with van der Waals surface area (Å²) in [6.07, 6.45) is 5.63. The van der Waals surface area contributed by atoms with E-state index < -0.39 is 0 Å². The van der Waals surface area contributed by atoms with Crippen molar-refractivity contribution < 1.29 is 4.79 Å². The molecule has 0 aliphatic heterocycles. The minimum Gasteiger partial charge on any atom is -0.349 e. The summed E-state index contributed by atoms with van der Waals surface area (Å²) in [5.74, 6) is 1.15. The van der Waals surface area contributed by atoms with Gasteiger partial charge >= 0.3 is 0 Å². The van der Waals surface area contributed by atoms with Crippen LogP contribution in [0.4, 0.5) is 0 Å². The molecule has 0 aromatic carbocycles. The molecular weight excluding hydrogens is 188 g/mol. The quantitative estimate of drug-likeness (QED) is 0.651. The summed E-state index contributed by atoms with van der Waals surface area (Å²) in [4.78, 5) is 12.9. The fourth-order valence-electron chi connectivity index (χ4n) is 1.94. The topological polar surface area (TPSA) is 32.3 Å². The summed E-state index contributed by atoms with van der Waals surface area (Å²) in [6.45, 7) is 3.23. The Hall–Kier alpha value is -0.570. The highest BCUT2D eigenvalue weighted by atomic mass is 16.2. The van der Waals surface area contributed by atoms with Gasteiger partial charge in [-0.25, -0.2) is 0 Å². The molecular formula is C12H24N2O. The highest BCUT2D eigenvalue weighted by molar-refractivity contribution is 5.75. The molecule has 3 heteroatoms. The van der Waals surface area contributed by atoms with E-state index in [0.29, 0.717) is 6.42 Å². The SMILES string of the molecule is CCCC1CC1NCCCC(=O)N(C)C. The zero-order valence-electron chi connectivity index (χ0n) is 10.3. The molecule has 0 spiro atoms. The molecule has 0 aromatic rings. The Bertz CT molecular complexity index is 204. The van der Waals surface area contributed by atoms with Crippen LogP contribution in [-0.2, 0) is 4.79 Å². The Balaban J connectivity index is 1.92. The third-order valence-electron chi connectivity index (χ3n) is 3.05. The van der Waals surface area contributed by atoms with Crippen molar-refractivity contribution in [3.8, 4) is 0 Å². The van der Waals surface area contributed by atoms with Crippen LogP contribution in [0, 0.1) is 5.92 Å². The number of carbonyl (C=O) groups excluding carboxylic acids is 1. The summed E-state index contributed by atoms with van der Waals surface area (Å²) in [5, 5.41) is 3.52. The van der Waals surface area contributed by atoms with Crippen LogP contribution >= 0.6 is 0 Å². The van der Waals surface area contributed by atoms with Gasteiger partial charge < -0.3 is 10.2 Å². The number of hydrogen-bond acceptors (Lipinski definition) is 2. The molecule has 3 nitrogen and oxygen atoms in total. The first-order valence-electron chi connectivity index (χ1n) is 6.08. The van der Waals surface area contributed by atoms with Crippen molar-refractivity contribution in [3.05, 3.63) is 0 Å². The molecule has 88 valence electrons. The summed E-state index contributed by atoms with van der Waals surface area (Å²) in [6, 6.07) is 0.749. The smallest absolute Gasteiger partial charge is 0.222 e. The summed E-state index contributed by atoms with van der Waals surface area (Å²) in [5.41, 5.74) is 0. The number of rotatable bonds is 7. The maximum Gasteiger partial charge on any atom is 0.222 e. The first-order chi connectivity index (χ1) is 7.15. The lowest BCUT2D eigenvalue weighted by Gasteiger charge is -2.10. The maximum absolute atomic E-state index is 11.3. The van der Waals surface area contributed by atoms with E-state index >= 15 is 0 Å². The standard InChI is InChI=1S/C12H24N2O/c1-4-6-10-9-11(10)13-8-5-7-12(15)14(2)3/h10-11,13H,4-9H2,1-3H3. The van der Waals surface area contributed by atoms with Crippen molar-refractivity contribution in [2.75, 3.05) is 20.6 Å². The highest BCUT2D eigenvalue weighted by Gasteiger charge is 2.34. The van der Waals surface area contributed by atoms with E-state index in [0.717, 1.165) is 24.9 Å². The molecule has 1 aliphatic rings. The number of hydrogen-bond donors (Lipinski definition) is 1. The van der Waals surface area contributed by atoms with E-state index in [1.54, 1.807) is 4.90 Å². The predicted molar refractivity (Wildman–Crippen MR) is 62.7 cm³/mol. The van der Waals surface area contributed by atoms with Crippen LogP contribution in [0.5, 0.6) is 0 Å². The predicted octanol–water partition coefficient (Wildman–Crippen LogP) is 1.63. The lowest BCUT2D eigenvalue weighted by atomic mass is 10.2. The molecule has 1 saturated carbocycles. The van der Waals surface area contributed by atoms with E-state index in [9.17, 15) is 4.79 Å². The van der Waals surface area contributed by atoms with Gasteiger partial charge in [0.05, 0.1) is 0 Å². The minimum atomic E-state index is 0.234. The fourth-order valence-corrected chi connectivity index (χ4v) is 1.94. The zero-order chi connectivity index (χ0) is 11.3. The first kappa shape index (κ1) is 12.5. The lowest BCUT2D eigenvalue weighted by molar-refractivity contribution is -0.128. The van der Waals surface area contributed by atoms with Crippen LogP contribution in [0.25, 0.3) is 0 Å². The second-order valence-electron chi connectivity index (χ2n) is 4.74. The minimum absolute atomic E-state index is 0.234. The molecule has 1 rings (SSSR count). The molecule has 0 saturated heterocycles. The van der Waals surface area contributed by atoms with Crippen LogP contribution in [-0.4, -0.2) is 37.5 Å². The van der Waals surface area contributed by atoms with Crippen molar-refractivity contribution in [2.24, 2.45) is 5.92 Å². The summed E-state index contributed by atoms with van der Waals surface area (Å²) in [7, 11) is 3.63. The van der Waals surface area contributed by atoms with Crippen LogP contribution in [0.15, 0.2) is 0 Å². The van der Waals surface area contributed by atoms with Gasteiger partial charge in [0, 0.05) is 26.6 Å². The van der Waals surface area contributed by atoms with Crippen LogP contribution in [0.2, 0.25) is 0 Å². The van der Waals surface area contributed by atoms with Crippen molar-refractivity contribution in [3.63, 3.8) is 0 Å². The Kier molecular flexibility index (Phi) is 5.09. The zero-order valence-corrected chi connectivity index (χ0v) is 10.3. The molecule has 2 atom stereocenters. The van der Waals surface area contributed by atoms with Gasteiger partial charge in [-0.1, -0.05) is 13.3 Å². The molecule has 1 aliphatic carbocycles. The first-order valence-corrected chi connectivity index (χ1v) is 6.08. The molecule has 1 N–H and O–H groups in total. The average Bonchev–Trinajstić information content (AvgIpc) is 2.91. The Labute approximate surface area is 93.2 Å². The third-order valence-corrected chi connectivity index (χ3v) is 3.05. The number of nitrogens with one attached hydrogen (secondary N) is 1. The number of amides is 1. The molecule has 1 fully saturated rings. The van der Waals surface area contributed by atoms with Crippen LogP contribution in [0.1, 0.15) is 39.0 Å². The third kappa shape index (κ3) is 4.65. The number of carbonyl (C=O) groups is 1. The van der Waals surface area contributed by atoms with Crippen LogP contribution < -0.4 is 5.32 Å². The van der Waals surface area contributed by atoms with E-state index in [-0.39, 0.29) is 5.91 Å². The van der Waals surface area contributed by atoms with Gasteiger partial charge in [-0.15, -0.1) is 0 Å². The molecule has 0 radical (unpaired) electrons. The molecule has 0 bridgehead atoms. The average molecular weight is 212 g/mol. The largest absolute Gasteiger partial charge is 0.349 e. The molecule has 1 amide bonds. The monoisotopic (exact) mass is 212 g/mol. The van der Waals surface area contributed by atoms with Gasteiger partial charge in [0.25, 0.3) is 0 Å². The van der Waals surface area contributed by atoms with Gasteiger partial charge in [-0.05, 0) is 31.7 Å². The second-order valence-corrected chi connectivity index (χ2v) is 4.74. The van der Waals surface area contributed by atoms with Crippen molar-refractivity contribution in [2.45, 2.75) is 45.1 Å². The summed E-state index contributed by atoms with van der Waals surface area (Å²) < 4.78 is 0. The van der Waals surface area contributed by atoms with Gasteiger partial charge in [0.15, 0.2) is 0 Å². The van der Waals surface area contributed by atoms with E-state index in [2.05, 4.69) is 12.2 Å². The van der Waals surface area contributed by atoms with Gasteiger partial charge in [0.2, 0.25) is 5.91 Å². The van der Waals surface area contributed by atoms with Crippen molar-refractivity contribution in [1.82, 2.24) is 10.2 Å². The molecule has 0 aromatic heterocycles. The van der Waals surface area contributed by atoms with Crippen molar-refractivity contribution >= 4 is 5.91 Å². The lowest BCUT2D eigenvalue weighted by Crippen LogP contribution is -2.24. The highest BCUT2D eigenvalue weighted by Crippen LogP contribution is 2.34. The van der Waals surface area contributed by atoms with Crippen LogP contribution in [0.3, 0.4) is 0 Å². The second kappa shape index (κ2) is 6.11. The van der Waals surface area contributed by atoms with Gasteiger partial charge in [0.1, 0.15) is 0 Å². The van der Waals surface area contributed by atoms with E-state index in [1.165, 1.54) is 19.3 Å². The number of nitrogens with zero attached hydrogens (tertiary/aromatic N) is 1. The Morgan fingerprint density at radius 1 is 1.47 bits per heavy atom. The molecule has 0 heterocycles. The maximum atomic E-state index is 11.3. The Morgan fingerprint density at radius 3 is 2.80 bits per heavy atom. The van der Waals surface area contributed by atoms with Crippen molar-refractivity contribution in [1.29, 1.82) is 0 Å². The molecule has 15 heavy (non-hydrogen) atoms. The normalized spacial score (nSPS) is 23.9. The fraction of sp³-hybridized carbons (Fsp3) is 0.917. The Morgan fingerprint density at radius 2 is 2.20 bits per heavy atom. The van der Waals surface area contributed by atoms with E-state index in [4.69, 9.17) is 0 Å². The molecule has 2 unspecified atom stereocenters. The van der Waals surface area contributed by atoms with E-state index in [1.807, 2.05) is 14.1 Å².